The smallest absolute Gasteiger partial charge is 0.221 e. The van der Waals surface area contributed by atoms with Gasteiger partial charge in [-0.3, -0.25) is 9.79 Å². The predicted octanol–water partition coefficient (Wildman–Crippen LogP) is 3.58. The summed E-state index contributed by atoms with van der Waals surface area (Å²) in [4.78, 5) is 18.8. The van der Waals surface area contributed by atoms with Gasteiger partial charge in [0.25, 0.3) is 0 Å². The molecule has 162 valence electrons. The van der Waals surface area contributed by atoms with Crippen LogP contribution in [-0.2, 0) is 4.79 Å². The largest absolute Gasteiger partial charge is 0.372 e. The van der Waals surface area contributed by atoms with Gasteiger partial charge < -0.3 is 20.9 Å². The molecule has 1 aromatic rings. The van der Waals surface area contributed by atoms with Crippen LogP contribution in [0, 0.1) is 0 Å². The fourth-order valence-corrected chi connectivity index (χ4v) is 4.11. The minimum atomic E-state index is 0. The summed E-state index contributed by atoms with van der Waals surface area (Å²) in [6.45, 7) is 5.02. The van der Waals surface area contributed by atoms with Crippen molar-refractivity contribution in [3.63, 3.8) is 0 Å². The van der Waals surface area contributed by atoms with Gasteiger partial charge in [-0.05, 0) is 50.3 Å². The van der Waals surface area contributed by atoms with Crippen molar-refractivity contribution in [1.82, 2.24) is 16.0 Å². The number of carbonyl (C=O) groups is 1. The molecule has 1 aromatic carbocycles. The van der Waals surface area contributed by atoms with Gasteiger partial charge >= 0.3 is 0 Å². The average Bonchev–Trinajstić information content (AvgIpc) is 3.41. The summed E-state index contributed by atoms with van der Waals surface area (Å²) in [5.74, 6) is 0.856. The minimum absolute atomic E-state index is 0. The third kappa shape index (κ3) is 7.35. The summed E-state index contributed by atoms with van der Waals surface area (Å²) in [6, 6.07) is 9.27. The first kappa shape index (κ1) is 23.8. The highest BCUT2D eigenvalue weighted by atomic mass is 127. The SMILES string of the molecule is CN=C(NCCC(=O)NC1CCCC1)NC(C)c1cccc(N2CCCC2)c1.I. The van der Waals surface area contributed by atoms with Crippen LogP contribution in [0.15, 0.2) is 29.3 Å². The lowest BCUT2D eigenvalue weighted by Gasteiger charge is -2.22. The number of carbonyl (C=O) groups excluding carboxylic acids is 1. The van der Waals surface area contributed by atoms with Gasteiger partial charge in [-0.15, -0.1) is 24.0 Å². The molecule has 0 aromatic heterocycles. The Hall–Kier alpha value is -1.51. The summed E-state index contributed by atoms with van der Waals surface area (Å²) in [5, 5.41) is 9.83. The van der Waals surface area contributed by atoms with Crippen molar-refractivity contribution in [2.24, 2.45) is 4.99 Å². The number of hydrogen-bond acceptors (Lipinski definition) is 3. The molecule has 0 bridgehead atoms. The van der Waals surface area contributed by atoms with Gasteiger partial charge in [-0.2, -0.15) is 0 Å². The standard InChI is InChI=1S/C22H35N5O.HI/c1-17(18-8-7-11-20(16-18)27-14-5-6-15-27)25-22(23-2)24-13-12-21(28)26-19-9-3-4-10-19;/h7-8,11,16-17,19H,3-6,9-10,12-15H2,1-2H3,(H,26,28)(H2,23,24,25);1H. The van der Waals surface area contributed by atoms with Crippen LogP contribution < -0.4 is 20.9 Å². The van der Waals surface area contributed by atoms with Crippen molar-refractivity contribution in [2.75, 3.05) is 31.6 Å². The topological polar surface area (TPSA) is 68.8 Å². The maximum absolute atomic E-state index is 12.1. The lowest BCUT2D eigenvalue weighted by atomic mass is 10.1. The molecular weight excluding hydrogens is 477 g/mol. The second-order valence-electron chi connectivity index (χ2n) is 7.95. The number of benzene rings is 1. The molecule has 1 aliphatic heterocycles. The van der Waals surface area contributed by atoms with Crippen LogP contribution in [0.2, 0.25) is 0 Å². The first-order chi connectivity index (χ1) is 13.7. The highest BCUT2D eigenvalue weighted by molar-refractivity contribution is 14.0. The Kier molecular flexibility index (Phi) is 10.0. The lowest BCUT2D eigenvalue weighted by molar-refractivity contribution is -0.121. The maximum Gasteiger partial charge on any atom is 0.221 e. The van der Waals surface area contributed by atoms with E-state index < -0.39 is 0 Å². The normalized spacial score (nSPS) is 18.3. The van der Waals surface area contributed by atoms with E-state index in [4.69, 9.17) is 0 Å². The van der Waals surface area contributed by atoms with Crippen molar-refractivity contribution < 1.29 is 4.79 Å². The Morgan fingerprint density at radius 2 is 1.93 bits per heavy atom. The molecule has 1 atom stereocenters. The molecule has 3 rings (SSSR count). The molecule has 7 heteroatoms. The minimum Gasteiger partial charge on any atom is -0.372 e. The Morgan fingerprint density at radius 1 is 1.21 bits per heavy atom. The van der Waals surface area contributed by atoms with E-state index in [-0.39, 0.29) is 35.9 Å². The number of hydrogen-bond donors (Lipinski definition) is 3. The van der Waals surface area contributed by atoms with E-state index in [1.807, 2.05) is 0 Å². The van der Waals surface area contributed by atoms with Crippen molar-refractivity contribution >= 4 is 41.5 Å². The molecule has 2 fully saturated rings. The number of aliphatic imine (C=N–C) groups is 1. The predicted molar refractivity (Wildman–Crippen MR) is 131 cm³/mol. The third-order valence-corrected chi connectivity index (χ3v) is 5.78. The fraction of sp³-hybridized carbons (Fsp3) is 0.636. The molecule has 2 aliphatic rings. The number of rotatable bonds is 7. The van der Waals surface area contributed by atoms with E-state index in [2.05, 4.69) is 57.0 Å². The molecule has 1 heterocycles. The first-order valence-electron chi connectivity index (χ1n) is 10.8. The molecule has 1 saturated carbocycles. The summed E-state index contributed by atoms with van der Waals surface area (Å²) in [6.07, 6.45) is 7.74. The van der Waals surface area contributed by atoms with Gasteiger partial charge in [0.1, 0.15) is 0 Å². The van der Waals surface area contributed by atoms with Crippen LogP contribution in [0.5, 0.6) is 0 Å². The number of nitrogens with zero attached hydrogens (tertiary/aromatic N) is 2. The summed E-state index contributed by atoms with van der Waals surface area (Å²) in [7, 11) is 1.77. The Morgan fingerprint density at radius 3 is 2.62 bits per heavy atom. The van der Waals surface area contributed by atoms with Crippen molar-refractivity contribution in [3.05, 3.63) is 29.8 Å². The molecule has 1 aliphatic carbocycles. The van der Waals surface area contributed by atoms with Crippen molar-refractivity contribution in [1.29, 1.82) is 0 Å². The highest BCUT2D eigenvalue weighted by Crippen LogP contribution is 2.24. The molecular formula is C22H36IN5O. The van der Waals surface area contributed by atoms with Gasteiger partial charge in [-0.25, -0.2) is 0 Å². The molecule has 0 spiro atoms. The van der Waals surface area contributed by atoms with E-state index >= 15 is 0 Å². The molecule has 0 radical (unpaired) electrons. The Balaban J connectivity index is 0.00000300. The van der Waals surface area contributed by atoms with Crippen LogP contribution in [-0.4, -0.2) is 44.6 Å². The van der Waals surface area contributed by atoms with Gasteiger partial charge in [0.05, 0.1) is 6.04 Å². The zero-order valence-electron chi connectivity index (χ0n) is 17.7. The lowest BCUT2D eigenvalue weighted by Crippen LogP contribution is -2.41. The molecule has 29 heavy (non-hydrogen) atoms. The highest BCUT2D eigenvalue weighted by Gasteiger charge is 2.17. The van der Waals surface area contributed by atoms with E-state index in [0.717, 1.165) is 31.9 Å². The molecule has 1 unspecified atom stereocenters. The van der Waals surface area contributed by atoms with E-state index in [1.54, 1.807) is 7.05 Å². The summed E-state index contributed by atoms with van der Waals surface area (Å²) >= 11 is 0. The van der Waals surface area contributed by atoms with Gasteiger partial charge in [0.2, 0.25) is 5.91 Å². The molecule has 3 N–H and O–H groups in total. The van der Waals surface area contributed by atoms with Crippen molar-refractivity contribution in [2.45, 2.75) is 64.0 Å². The first-order valence-corrected chi connectivity index (χ1v) is 10.8. The van der Waals surface area contributed by atoms with E-state index in [0.29, 0.717) is 19.0 Å². The fourth-order valence-electron chi connectivity index (χ4n) is 4.11. The van der Waals surface area contributed by atoms with Crippen LogP contribution in [0.1, 0.15) is 63.5 Å². The third-order valence-electron chi connectivity index (χ3n) is 5.78. The van der Waals surface area contributed by atoms with E-state index in [1.165, 1.54) is 36.9 Å². The number of guanidine groups is 1. The molecule has 1 amide bonds. The molecule has 1 saturated heterocycles. The summed E-state index contributed by atoms with van der Waals surface area (Å²) < 4.78 is 0. The van der Waals surface area contributed by atoms with Crippen LogP contribution in [0.3, 0.4) is 0 Å². The van der Waals surface area contributed by atoms with Gasteiger partial charge in [0.15, 0.2) is 5.96 Å². The number of anilines is 1. The Labute approximate surface area is 192 Å². The second kappa shape index (κ2) is 12.2. The zero-order valence-corrected chi connectivity index (χ0v) is 20.1. The monoisotopic (exact) mass is 513 g/mol. The Bertz CT molecular complexity index is 669. The van der Waals surface area contributed by atoms with Crippen LogP contribution in [0.25, 0.3) is 0 Å². The quantitative estimate of drug-likeness (QED) is 0.296. The van der Waals surface area contributed by atoms with E-state index in [9.17, 15) is 4.79 Å². The average molecular weight is 513 g/mol. The number of halogens is 1. The number of amides is 1. The summed E-state index contributed by atoms with van der Waals surface area (Å²) in [5.41, 5.74) is 2.54. The van der Waals surface area contributed by atoms with Crippen molar-refractivity contribution in [3.8, 4) is 0 Å². The van der Waals surface area contributed by atoms with Crippen LogP contribution in [0.4, 0.5) is 5.69 Å². The molecule has 6 nitrogen and oxygen atoms in total. The number of nitrogens with one attached hydrogen (secondary N) is 3. The van der Waals surface area contributed by atoms with Gasteiger partial charge in [0, 0.05) is 44.8 Å². The van der Waals surface area contributed by atoms with Gasteiger partial charge in [-0.1, -0.05) is 25.0 Å². The van der Waals surface area contributed by atoms with Crippen LogP contribution >= 0.6 is 24.0 Å². The maximum atomic E-state index is 12.1. The second-order valence-corrected chi connectivity index (χ2v) is 7.95. The zero-order chi connectivity index (χ0) is 19.8.